The van der Waals surface area contributed by atoms with Gasteiger partial charge in [0.1, 0.15) is 11.3 Å². The van der Waals surface area contributed by atoms with E-state index < -0.39 is 0 Å². The lowest BCUT2D eigenvalue weighted by atomic mass is 10.2. The van der Waals surface area contributed by atoms with Crippen LogP contribution in [0.1, 0.15) is 23.0 Å². The maximum absolute atomic E-state index is 13.8. The summed E-state index contributed by atoms with van der Waals surface area (Å²) >= 11 is 7.75. The smallest absolute Gasteiger partial charge is 0.296 e. The number of ether oxygens (including phenoxy) is 2. The van der Waals surface area contributed by atoms with Crippen molar-refractivity contribution in [3.8, 4) is 11.5 Å². The topological polar surface area (TPSA) is 77.7 Å². The molecule has 0 saturated carbocycles. The van der Waals surface area contributed by atoms with Gasteiger partial charge in [-0.25, -0.2) is 4.98 Å². The molecular weight excluding hydrogens is 474 g/mol. The zero-order valence-corrected chi connectivity index (χ0v) is 20.0. The van der Waals surface area contributed by atoms with Gasteiger partial charge in [0.2, 0.25) is 0 Å². The summed E-state index contributed by atoms with van der Waals surface area (Å²) in [7, 11) is 1.58. The molecule has 0 unspecified atom stereocenters. The van der Waals surface area contributed by atoms with Crippen molar-refractivity contribution in [3.63, 3.8) is 0 Å². The largest absolute Gasteiger partial charge is 0.494 e. The van der Waals surface area contributed by atoms with Crippen LogP contribution in [0.25, 0.3) is 21.2 Å². The van der Waals surface area contributed by atoms with Gasteiger partial charge < -0.3 is 13.9 Å². The minimum atomic E-state index is -0.329. The molecule has 0 aliphatic heterocycles. The average Bonchev–Trinajstić information content (AvgIpc) is 3.49. The lowest BCUT2D eigenvalue weighted by Gasteiger charge is -2.18. The molecule has 0 atom stereocenters. The van der Waals surface area contributed by atoms with Crippen molar-refractivity contribution in [2.45, 2.75) is 13.5 Å². The van der Waals surface area contributed by atoms with E-state index in [1.54, 1.807) is 42.6 Å². The number of carbonyl (C=O) groups is 1. The number of pyridine rings is 1. The third-order valence-electron chi connectivity index (χ3n) is 5.25. The van der Waals surface area contributed by atoms with Crippen molar-refractivity contribution in [2.24, 2.45) is 0 Å². The second-order valence-corrected chi connectivity index (χ2v) is 8.77. The number of thiazole rings is 1. The Morgan fingerprint density at radius 1 is 1.15 bits per heavy atom. The van der Waals surface area contributed by atoms with Crippen LogP contribution in [0.5, 0.6) is 11.5 Å². The molecule has 0 aliphatic carbocycles. The fourth-order valence-electron chi connectivity index (χ4n) is 3.66. The summed E-state index contributed by atoms with van der Waals surface area (Å²) in [6.45, 7) is 2.67. The summed E-state index contributed by atoms with van der Waals surface area (Å²) in [5.41, 5.74) is 2.03. The number of rotatable bonds is 7. The van der Waals surface area contributed by atoms with Crippen LogP contribution in [0.4, 0.5) is 5.13 Å². The summed E-state index contributed by atoms with van der Waals surface area (Å²) < 4.78 is 17.9. The Hall–Kier alpha value is -3.62. The molecule has 34 heavy (non-hydrogen) atoms. The number of para-hydroxylation sites is 1. The molecule has 0 radical (unpaired) electrons. The average molecular weight is 494 g/mol. The third kappa shape index (κ3) is 4.06. The van der Waals surface area contributed by atoms with Gasteiger partial charge in [-0.15, -0.1) is 0 Å². The summed E-state index contributed by atoms with van der Waals surface area (Å²) in [5.74, 6) is 1.04. The minimum Gasteiger partial charge on any atom is -0.494 e. The predicted octanol–water partition coefficient (Wildman–Crippen LogP) is 6.35. The number of benzene rings is 2. The molecule has 0 fully saturated rings. The highest BCUT2D eigenvalue weighted by Gasteiger charge is 2.26. The van der Waals surface area contributed by atoms with Crippen LogP contribution in [-0.2, 0) is 6.54 Å². The zero-order chi connectivity index (χ0) is 23.7. The lowest BCUT2D eigenvalue weighted by Crippen LogP contribution is -2.30. The second-order valence-electron chi connectivity index (χ2n) is 7.39. The van der Waals surface area contributed by atoms with Crippen LogP contribution in [0, 0.1) is 0 Å². The van der Waals surface area contributed by atoms with Gasteiger partial charge in [0.15, 0.2) is 22.2 Å². The number of amides is 1. The molecule has 0 bridgehead atoms. The molecule has 1 amide bonds. The number of furan rings is 1. The van der Waals surface area contributed by atoms with Crippen molar-refractivity contribution < 1.29 is 18.7 Å². The number of carbonyl (C=O) groups excluding carboxylic acids is 1. The molecule has 3 heterocycles. The Morgan fingerprint density at radius 3 is 2.74 bits per heavy atom. The van der Waals surface area contributed by atoms with E-state index in [1.165, 1.54) is 11.3 Å². The minimum absolute atomic E-state index is 0.188. The summed E-state index contributed by atoms with van der Waals surface area (Å²) in [5, 5.41) is 1.81. The van der Waals surface area contributed by atoms with Crippen LogP contribution in [-0.4, -0.2) is 29.6 Å². The van der Waals surface area contributed by atoms with E-state index in [2.05, 4.69) is 4.98 Å². The van der Waals surface area contributed by atoms with E-state index in [-0.39, 0.29) is 18.2 Å². The number of nitrogens with zero attached hydrogens (tertiary/aromatic N) is 3. The van der Waals surface area contributed by atoms with E-state index in [1.807, 2.05) is 37.3 Å². The number of methoxy groups -OCH3 is 1. The van der Waals surface area contributed by atoms with E-state index in [4.69, 9.17) is 30.5 Å². The predicted molar refractivity (Wildman–Crippen MR) is 133 cm³/mol. The summed E-state index contributed by atoms with van der Waals surface area (Å²) in [6, 6.07) is 14.5. The summed E-state index contributed by atoms with van der Waals surface area (Å²) in [4.78, 5) is 24.2. The number of hydrogen-bond donors (Lipinski definition) is 0. The van der Waals surface area contributed by atoms with Crippen LogP contribution in [0.3, 0.4) is 0 Å². The Balaban J connectivity index is 1.61. The van der Waals surface area contributed by atoms with Crippen molar-refractivity contribution >= 4 is 55.2 Å². The lowest BCUT2D eigenvalue weighted by molar-refractivity contribution is 0.0960. The van der Waals surface area contributed by atoms with Gasteiger partial charge in [0.25, 0.3) is 5.91 Å². The monoisotopic (exact) mass is 493 g/mol. The Labute approximate surface area is 204 Å². The normalized spacial score (nSPS) is 11.1. The standard InChI is InChI=1S/C25H20ClN3O4S/c1-3-32-19-6-4-5-16-13-20(33-22(16)19)24(30)29(14-15-9-11-27-12-10-15)25-28-21-18(31-2)8-7-17(26)23(21)34-25/h4-13H,3,14H2,1-2H3. The molecule has 5 aromatic rings. The quantitative estimate of drug-likeness (QED) is 0.263. The molecule has 9 heteroatoms. The van der Waals surface area contributed by atoms with Crippen LogP contribution in [0.15, 0.2) is 65.3 Å². The highest BCUT2D eigenvalue weighted by atomic mass is 35.5. The molecule has 2 aromatic carbocycles. The fourth-order valence-corrected chi connectivity index (χ4v) is 4.92. The van der Waals surface area contributed by atoms with Gasteiger partial charge in [-0.05, 0) is 48.9 Å². The van der Waals surface area contributed by atoms with Gasteiger partial charge in [-0.2, -0.15) is 0 Å². The molecule has 0 saturated heterocycles. The third-order valence-corrected chi connectivity index (χ3v) is 6.79. The van der Waals surface area contributed by atoms with Gasteiger partial charge in [0.05, 0.1) is 30.0 Å². The van der Waals surface area contributed by atoms with E-state index in [0.717, 1.165) is 15.6 Å². The molecule has 0 spiro atoms. The first-order valence-corrected chi connectivity index (χ1v) is 11.8. The first-order valence-electron chi connectivity index (χ1n) is 10.6. The van der Waals surface area contributed by atoms with Crippen molar-refractivity contribution in [2.75, 3.05) is 18.6 Å². The molecular formula is C25H20ClN3O4S. The highest BCUT2D eigenvalue weighted by Crippen LogP contribution is 2.40. The SMILES string of the molecule is CCOc1cccc2cc(C(=O)N(Cc3ccncc3)c3nc4c(OC)ccc(Cl)c4s3)oc12. The molecule has 7 nitrogen and oxygen atoms in total. The fraction of sp³-hybridized carbons (Fsp3) is 0.160. The van der Waals surface area contributed by atoms with Gasteiger partial charge in [0, 0.05) is 17.8 Å². The molecule has 172 valence electrons. The molecule has 0 N–H and O–H groups in total. The maximum atomic E-state index is 13.8. The first-order chi connectivity index (χ1) is 16.6. The Kier molecular flexibility index (Phi) is 6.08. The number of anilines is 1. The Morgan fingerprint density at radius 2 is 1.97 bits per heavy atom. The maximum Gasteiger partial charge on any atom is 0.296 e. The number of halogens is 1. The van der Waals surface area contributed by atoms with Crippen molar-refractivity contribution in [1.82, 2.24) is 9.97 Å². The second kappa shape index (κ2) is 9.32. The van der Waals surface area contributed by atoms with E-state index in [9.17, 15) is 4.79 Å². The molecule has 3 aromatic heterocycles. The van der Waals surface area contributed by atoms with Gasteiger partial charge >= 0.3 is 0 Å². The Bertz CT molecular complexity index is 1480. The zero-order valence-electron chi connectivity index (χ0n) is 18.4. The van der Waals surface area contributed by atoms with Gasteiger partial charge in [-0.3, -0.25) is 14.7 Å². The van der Waals surface area contributed by atoms with E-state index in [0.29, 0.717) is 39.4 Å². The van der Waals surface area contributed by atoms with Crippen molar-refractivity contribution in [1.29, 1.82) is 0 Å². The number of hydrogen-bond acceptors (Lipinski definition) is 7. The van der Waals surface area contributed by atoms with Crippen LogP contribution in [0.2, 0.25) is 5.02 Å². The summed E-state index contributed by atoms with van der Waals surface area (Å²) in [6.07, 6.45) is 3.37. The number of aromatic nitrogens is 2. The molecule has 5 rings (SSSR count). The highest BCUT2D eigenvalue weighted by molar-refractivity contribution is 7.23. The van der Waals surface area contributed by atoms with Crippen LogP contribution >= 0.6 is 22.9 Å². The number of fused-ring (bicyclic) bond motifs is 2. The molecule has 0 aliphatic rings. The van der Waals surface area contributed by atoms with Crippen molar-refractivity contribution in [3.05, 3.63) is 77.3 Å². The van der Waals surface area contributed by atoms with Crippen LogP contribution < -0.4 is 14.4 Å². The first kappa shape index (κ1) is 22.2. The van der Waals surface area contributed by atoms with Gasteiger partial charge in [-0.1, -0.05) is 35.1 Å². The van der Waals surface area contributed by atoms with E-state index >= 15 is 0 Å².